The monoisotopic (exact) mass is 407 g/mol. The molecule has 0 fully saturated rings. The fraction of sp³-hybridized carbons (Fsp3) is 0.105. The molecule has 1 aromatic carbocycles. The lowest BCUT2D eigenvalue weighted by molar-refractivity contribution is 0.586. The van der Waals surface area contributed by atoms with Gasteiger partial charge in [-0.3, -0.25) is 9.99 Å². The summed E-state index contributed by atoms with van der Waals surface area (Å²) in [6.07, 6.45) is 5.84. The lowest BCUT2D eigenvalue weighted by Crippen LogP contribution is -2.35. The van der Waals surface area contributed by atoms with Gasteiger partial charge in [0.05, 0.1) is 42.1 Å². The zero-order chi connectivity index (χ0) is 20.0. The summed E-state index contributed by atoms with van der Waals surface area (Å²) in [6.45, 7) is 0.587. The summed E-state index contributed by atoms with van der Waals surface area (Å²) in [5.41, 5.74) is 10.4. The van der Waals surface area contributed by atoms with Gasteiger partial charge >= 0.3 is 0 Å². The normalized spacial score (nSPS) is 13.5. The molecule has 0 saturated carbocycles. The van der Waals surface area contributed by atoms with Gasteiger partial charge in [-0.2, -0.15) is 9.19 Å². The Morgan fingerprint density at radius 2 is 2.03 bits per heavy atom. The van der Waals surface area contributed by atoms with Crippen molar-refractivity contribution in [3.8, 4) is 11.3 Å². The molecule has 5 rings (SSSR count). The smallest absolute Gasteiger partial charge is 0.250 e. The number of nitrogens with zero attached hydrogens (tertiary/aromatic N) is 5. The lowest BCUT2D eigenvalue weighted by atomic mass is 10.1. The Balaban J connectivity index is 1.45. The van der Waals surface area contributed by atoms with Crippen LogP contribution in [0.3, 0.4) is 0 Å². The highest BCUT2D eigenvalue weighted by Crippen LogP contribution is 2.31. The topological polar surface area (TPSA) is 105 Å². The number of rotatable bonds is 4. The number of anilines is 2. The zero-order valence-corrected chi connectivity index (χ0v) is 16.3. The Labute approximate surface area is 167 Å². The van der Waals surface area contributed by atoms with Gasteiger partial charge in [-0.1, -0.05) is 12.1 Å². The second-order valence-electron chi connectivity index (χ2n) is 6.79. The number of hydrazine groups is 2. The van der Waals surface area contributed by atoms with Crippen molar-refractivity contribution < 1.29 is 8.42 Å². The van der Waals surface area contributed by atoms with E-state index in [1.54, 1.807) is 6.20 Å². The van der Waals surface area contributed by atoms with E-state index in [2.05, 4.69) is 27.1 Å². The minimum Gasteiger partial charge on any atom is -0.300 e. The molecule has 0 radical (unpaired) electrons. The van der Waals surface area contributed by atoms with Gasteiger partial charge in [0.15, 0.2) is 5.82 Å². The molecule has 0 aliphatic carbocycles. The van der Waals surface area contributed by atoms with E-state index < -0.39 is 10.0 Å². The summed E-state index contributed by atoms with van der Waals surface area (Å²) in [5.74, 6) is 0.723. The van der Waals surface area contributed by atoms with Gasteiger partial charge in [0.2, 0.25) is 0 Å². The molecule has 9 nitrogen and oxygen atoms in total. The molecule has 29 heavy (non-hydrogen) atoms. The first-order valence-corrected chi connectivity index (χ1v) is 10.7. The van der Waals surface area contributed by atoms with Crippen LogP contribution < -0.4 is 16.0 Å². The van der Waals surface area contributed by atoms with Crippen molar-refractivity contribution in [1.82, 2.24) is 24.7 Å². The largest absolute Gasteiger partial charge is 0.300 e. The molecule has 0 unspecified atom stereocenters. The van der Waals surface area contributed by atoms with E-state index in [9.17, 15) is 8.42 Å². The van der Waals surface area contributed by atoms with Crippen LogP contribution in [0.1, 0.15) is 5.56 Å². The minimum atomic E-state index is -3.43. The summed E-state index contributed by atoms with van der Waals surface area (Å²) in [7, 11) is -3.43. The molecule has 0 spiro atoms. The molecular weight excluding hydrogens is 390 g/mol. The van der Waals surface area contributed by atoms with E-state index in [4.69, 9.17) is 4.98 Å². The molecular formula is C19H17N7O2S. The third-order valence-corrected chi connectivity index (χ3v) is 5.54. The third kappa shape index (κ3) is 3.28. The minimum absolute atomic E-state index is 0.587. The summed E-state index contributed by atoms with van der Waals surface area (Å²) in [5, 5.41) is 6.89. The first-order valence-electron chi connectivity index (χ1n) is 8.87. The Hall–Kier alpha value is -3.50. The van der Waals surface area contributed by atoms with Crippen molar-refractivity contribution in [3.05, 3.63) is 66.6 Å². The van der Waals surface area contributed by atoms with Crippen LogP contribution >= 0.6 is 0 Å². The van der Waals surface area contributed by atoms with Gasteiger partial charge in [0, 0.05) is 17.1 Å². The van der Waals surface area contributed by atoms with Gasteiger partial charge in [0.25, 0.3) is 10.0 Å². The Morgan fingerprint density at radius 3 is 2.86 bits per heavy atom. The SMILES string of the molecule is CS(=O)(=O)n1cc(-c2ccc3c(n2)N(Cc2ccc4ncccc4c2)NN3)cn1. The summed E-state index contributed by atoms with van der Waals surface area (Å²) < 4.78 is 24.3. The average Bonchev–Trinajstić information content (AvgIpc) is 3.35. The van der Waals surface area contributed by atoms with Crippen LogP contribution in [0, 0.1) is 0 Å². The van der Waals surface area contributed by atoms with E-state index >= 15 is 0 Å². The van der Waals surface area contributed by atoms with Crippen LogP contribution in [0.15, 0.2) is 61.1 Å². The van der Waals surface area contributed by atoms with Gasteiger partial charge in [-0.05, 0) is 35.9 Å². The summed E-state index contributed by atoms with van der Waals surface area (Å²) in [6, 6.07) is 13.8. The van der Waals surface area contributed by atoms with Crippen LogP contribution in [0.2, 0.25) is 0 Å². The Morgan fingerprint density at radius 1 is 1.14 bits per heavy atom. The van der Waals surface area contributed by atoms with Gasteiger partial charge in [0.1, 0.15) is 0 Å². The predicted octanol–water partition coefficient (Wildman–Crippen LogP) is 2.15. The highest BCUT2D eigenvalue weighted by Gasteiger charge is 2.22. The molecule has 4 aromatic rings. The van der Waals surface area contributed by atoms with Crippen molar-refractivity contribution in [2.75, 3.05) is 16.7 Å². The van der Waals surface area contributed by atoms with Crippen molar-refractivity contribution in [1.29, 1.82) is 0 Å². The zero-order valence-electron chi connectivity index (χ0n) is 15.4. The van der Waals surface area contributed by atoms with Crippen molar-refractivity contribution in [2.45, 2.75) is 6.54 Å². The van der Waals surface area contributed by atoms with Crippen molar-refractivity contribution in [2.24, 2.45) is 0 Å². The molecule has 10 heteroatoms. The molecule has 0 bridgehead atoms. The van der Waals surface area contributed by atoms with E-state index in [0.29, 0.717) is 17.8 Å². The average molecular weight is 407 g/mol. The van der Waals surface area contributed by atoms with Crippen LogP contribution in [-0.2, 0) is 16.6 Å². The van der Waals surface area contributed by atoms with E-state index in [-0.39, 0.29) is 0 Å². The number of hydrogen-bond acceptors (Lipinski definition) is 8. The quantitative estimate of drug-likeness (QED) is 0.530. The third-order valence-electron chi connectivity index (χ3n) is 4.66. The molecule has 4 heterocycles. The highest BCUT2D eigenvalue weighted by molar-refractivity contribution is 7.89. The fourth-order valence-corrected chi connectivity index (χ4v) is 3.76. The number of nitrogens with one attached hydrogen (secondary N) is 2. The molecule has 3 aromatic heterocycles. The van der Waals surface area contributed by atoms with Gasteiger partial charge in [-0.25, -0.2) is 13.4 Å². The Kier molecular flexibility index (Phi) is 3.96. The van der Waals surface area contributed by atoms with Gasteiger partial charge < -0.3 is 5.43 Å². The second kappa shape index (κ2) is 6.54. The molecule has 1 aliphatic heterocycles. The van der Waals surface area contributed by atoms with E-state index in [1.165, 1.54) is 12.4 Å². The number of aromatic nitrogens is 4. The van der Waals surface area contributed by atoms with Crippen LogP contribution in [-0.4, -0.2) is 33.8 Å². The van der Waals surface area contributed by atoms with Crippen LogP contribution in [0.25, 0.3) is 22.2 Å². The maximum atomic E-state index is 11.7. The highest BCUT2D eigenvalue weighted by atomic mass is 32.2. The van der Waals surface area contributed by atoms with Crippen LogP contribution in [0.4, 0.5) is 11.5 Å². The molecule has 146 valence electrons. The predicted molar refractivity (Wildman–Crippen MR) is 110 cm³/mol. The first kappa shape index (κ1) is 17.6. The van der Waals surface area contributed by atoms with Crippen molar-refractivity contribution in [3.63, 3.8) is 0 Å². The molecule has 1 aliphatic rings. The van der Waals surface area contributed by atoms with Crippen molar-refractivity contribution >= 4 is 32.4 Å². The first-order chi connectivity index (χ1) is 14.0. The fourth-order valence-electron chi connectivity index (χ4n) is 3.23. The molecule has 0 saturated heterocycles. The molecule has 2 N–H and O–H groups in total. The standard InChI is InChI=1S/C19H17N7O2S/c1-29(27,28)26-12-15(10-21-26)17-6-7-18-19(22-17)25(24-23-18)11-13-4-5-16-14(9-13)3-2-8-20-16/h2-10,12,23-24H,11H2,1H3. The summed E-state index contributed by atoms with van der Waals surface area (Å²) >= 11 is 0. The van der Waals surface area contributed by atoms with E-state index in [0.717, 1.165) is 38.3 Å². The maximum absolute atomic E-state index is 11.7. The van der Waals surface area contributed by atoms with E-state index in [1.807, 2.05) is 41.4 Å². The molecule has 0 amide bonds. The second-order valence-corrected chi connectivity index (χ2v) is 8.63. The summed E-state index contributed by atoms with van der Waals surface area (Å²) in [4.78, 5) is 9.05. The lowest BCUT2D eigenvalue weighted by Gasteiger charge is -2.17. The Bertz CT molecular complexity index is 1330. The number of pyridine rings is 2. The number of benzene rings is 1. The number of fused-ring (bicyclic) bond motifs is 2. The van der Waals surface area contributed by atoms with Crippen LogP contribution in [0.5, 0.6) is 0 Å². The number of hydrogen-bond donors (Lipinski definition) is 2. The van der Waals surface area contributed by atoms with Gasteiger partial charge in [-0.15, -0.1) is 5.53 Å². The molecule has 0 atom stereocenters. The maximum Gasteiger partial charge on any atom is 0.250 e.